The van der Waals surface area contributed by atoms with Crippen molar-refractivity contribution >= 4 is 17.7 Å². The van der Waals surface area contributed by atoms with E-state index in [4.69, 9.17) is 9.62 Å². The van der Waals surface area contributed by atoms with Gasteiger partial charge in [0.05, 0.1) is 22.7 Å². The average Bonchev–Trinajstić information content (AvgIpc) is 3.35. The zero-order valence-electron chi connectivity index (χ0n) is 18.6. The monoisotopic (exact) mass is 447 g/mol. The van der Waals surface area contributed by atoms with Crippen LogP contribution >= 0.6 is 11.8 Å². The fourth-order valence-corrected chi connectivity index (χ4v) is 4.44. The fraction of sp³-hybridized carbons (Fsp3) is 0.250. The Morgan fingerprint density at radius 1 is 1.06 bits per heavy atom. The summed E-state index contributed by atoms with van der Waals surface area (Å²) >= 11 is 1.52. The number of aryl methyl sites for hydroxylation is 2. The van der Waals surface area contributed by atoms with Gasteiger partial charge in [-0.25, -0.2) is 4.68 Å². The predicted molar refractivity (Wildman–Crippen MR) is 124 cm³/mol. The number of amides is 1. The number of aromatic nitrogens is 4. The molecule has 0 spiro atoms. The first-order chi connectivity index (χ1) is 15.4. The Balaban J connectivity index is 1.52. The van der Waals surface area contributed by atoms with E-state index >= 15 is 0 Å². The molecule has 4 aromatic rings. The van der Waals surface area contributed by atoms with E-state index in [1.54, 1.807) is 11.8 Å². The Morgan fingerprint density at radius 2 is 1.78 bits per heavy atom. The van der Waals surface area contributed by atoms with Gasteiger partial charge in [0, 0.05) is 36.7 Å². The molecule has 32 heavy (non-hydrogen) atoms. The Labute approximate surface area is 191 Å². The molecule has 0 aliphatic heterocycles. The van der Waals surface area contributed by atoms with Crippen LogP contribution < -0.4 is 0 Å². The van der Waals surface area contributed by atoms with E-state index in [1.807, 2.05) is 80.2 Å². The van der Waals surface area contributed by atoms with Gasteiger partial charge in [0.1, 0.15) is 0 Å². The molecule has 0 aliphatic rings. The number of hydrogen-bond acceptors (Lipinski definition) is 6. The SMILES string of the molecule is Cc1nc(CSc2ccccc2C(=O)N(C)Cc2c(C)nn(-c3ccccc3)c2C)no1. The molecule has 8 heteroatoms. The summed E-state index contributed by atoms with van der Waals surface area (Å²) in [5, 5.41) is 8.63. The standard InChI is InChI=1S/C24H25N5O2S/c1-16-21(17(2)29(26-16)19-10-6-5-7-11-19)14-28(4)24(30)20-12-8-9-13-22(20)32-15-23-25-18(3)31-27-23/h5-13H,14-15H2,1-4H3. The van der Waals surface area contributed by atoms with Crippen LogP contribution in [0.2, 0.25) is 0 Å². The number of hydrogen-bond donors (Lipinski definition) is 0. The molecule has 4 rings (SSSR count). The molecule has 2 aromatic heterocycles. The van der Waals surface area contributed by atoms with Crippen molar-refractivity contribution in [2.75, 3.05) is 7.05 Å². The minimum Gasteiger partial charge on any atom is -0.340 e. The molecule has 7 nitrogen and oxygen atoms in total. The molecule has 0 saturated heterocycles. The van der Waals surface area contributed by atoms with E-state index in [-0.39, 0.29) is 5.91 Å². The molecule has 0 aliphatic carbocycles. The van der Waals surface area contributed by atoms with Gasteiger partial charge in [-0.3, -0.25) is 4.79 Å². The van der Waals surface area contributed by atoms with Crippen LogP contribution in [0.15, 0.2) is 64.0 Å². The third-order valence-electron chi connectivity index (χ3n) is 5.23. The Bertz CT molecular complexity index is 1230. The van der Waals surface area contributed by atoms with Gasteiger partial charge in [0.15, 0.2) is 5.82 Å². The molecular weight excluding hydrogens is 422 g/mol. The molecule has 1 amide bonds. The van der Waals surface area contributed by atoms with Crippen LogP contribution in [0, 0.1) is 20.8 Å². The Kier molecular flexibility index (Phi) is 6.41. The van der Waals surface area contributed by atoms with E-state index < -0.39 is 0 Å². The second-order valence-electron chi connectivity index (χ2n) is 7.57. The maximum absolute atomic E-state index is 13.3. The van der Waals surface area contributed by atoms with Gasteiger partial charge in [-0.1, -0.05) is 35.5 Å². The zero-order chi connectivity index (χ0) is 22.7. The van der Waals surface area contributed by atoms with Crippen LogP contribution in [0.4, 0.5) is 0 Å². The molecule has 0 atom stereocenters. The minimum absolute atomic E-state index is 0.0383. The van der Waals surface area contributed by atoms with Gasteiger partial charge >= 0.3 is 0 Å². The van der Waals surface area contributed by atoms with Crippen molar-refractivity contribution < 1.29 is 9.32 Å². The summed E-state index contributed by atoms with van der Waals surface area (Å²) in [6, 6.07) is 17.6. The largest absolute Gasteiger partial charge is 0.340 e. The number of para-hydroxylation sites is 1. The Hall–Kier alpha value is -3.39. The highest BCUT2D eigenvalue weighted by molar-refractivity contribution is 7.98. The fourth-order valence-electron chi connectivity index (χ4n) is 3.55. The van der Waals surface area contributed by atoms with Gasteiger partial charge in [-0.2, -0.15) is 10.1 Å². The number of thioether (sulfide) groups is 1. The molecule has 0 radical (unpaired) electrons. The van der Waals surface area contributed by atoms with Crippen molar-refractivity contribution in [3.8, 4) is 5.69 Å². The third-order valence-corrected chi connectivity index (χ3v) is 6.30. The Morgan fingerprint density at radius 3 is 2.50 bits per heavy atom. The molecule has 0 fully saturated rings. The van der Waals surface area contributed by atoms with E-state index in [1.165, 1.54) is 11.8 Å². The highest BCUT2D eigenvalue weighted by Gasteiger charge is 2.20. The van der Waals surface area contributed by atoms with Crippen LogP contribution in [-0.2, 0) is 12.3 Å². The summed E-state index contributed by atoms with van der Waals surface area (Å²) in [6.45, 7) is 6.26. The number of benzene rings is 2. The van der Waals surface area contributed by atoms with E-state index in [0.717, 1.165) is 27.5 Å². The smallest absolute Gasteiger partial charge is 0.255 e. The molecule has 0 bridgehead atoms. The first-order valence-electron chi connectivity index (χ1n) is 10.3. The average molecular weight is 448 g/mol. The van der Waals surface area contributed by atoms with E-state index in [2.05, 4.69) is 10.1 Å². The summed E-state index contributed by atoms with van der Waals surface area (Å²) in [7, 11) is 1.82. The normalized spacial score (nSPS) is 11.0. The summed E-state index contributed by atoms with van der Waals surface area (Å²) in [6.07, 6.45) is 0. The minimum atomic E-state index is -0.0383. The first kappa shape index (κ1) is 21.8. The van der Waals surface area contributed by atoms with Crippen LogP contribution in [0.5, 0.6) is 0 Å². The van der Waals surface area contributed by atoms with Gasteiger partial charge in [-0.15, -0.1) is 11.8 Å². The summed E-state index contributed by atoms with van der Waals surface area (Å²) in [4.78, 5) is 20.2. The highest BCUT2D eigenvalue weighted by atomic mass is 32.2. The molecular formula is C24H25N5O2S. The lowest BCUT2D eigenvalue weighted by atomic mass is 10.1. The van der Waals surface area contributed by atoms with E-state index in [9.17, 15) is 4.79 Å². The predicted octanol–water partition coefficient (Wildman–Crippen LogP) is 4.75. The molecule has 164 valence electrons. The quantitative estimate of drug-likeness (QED) is 0.381. The topological polar surface area (TPSA) is 77.1 Å². The van der Waals surface area contributed by atoms with Crippen molar-refractivity contribution in [3.63, 3.8) is 0 Å². The maximum atomic E-state index is 13.3. The number of carbonyl (C=O) groups excluding carboxylic acids is 1. The van der Waals surface area contributed by atoms with Crippen molar-refractivity contribution in [2.24, 2.45) is 0 Å². The maximum Gasteiger partial charge on any atom is 0.255 e. The number of carbonyl (C=O) groups is 1. The third kappa shape index (κ3) is 4.60. The molecule has 2 heterocycles. The second kappa shape index (κ2) is 9.40. The second-order valence-corrected chi connectivity index (χ2v) is 8.59. The molecule has 2 aromatic carbocycles. The zero-order valence-corrected chi connectivity index (χ0v) is 19.4. The van der Waals surface area contributed by atoms with Gasteiger partial charge in [0.2, 0.25) is 5.89 Å². The number of nitrogens with zero attached hydrogens (tertiary/aromatic N) is 5. The summed E-state index contributed by atoms with van der Waals surface area (Å²) in [5.41, 5.74) is 4.67. The van der Waals surface area contributed by atoms with Crippen molar-refractivity contribution in [3.05, 3.63) is 88.8 Å². The molecule has 0 N–H and O–H groups in total. The summed E-state index contributed by atoms with van der Waals surface area (Å²) in [5.74, 6) is 1.64. The number of rotatable bonds is 7. The summed E-state index contributed by atoms with van der Waals surface area (Å²) < 4.78 is 6.96. The van der Waals surface area contributed by atoms with Crippen LogP contribution in [-0.4, -0.2) is 37.8 Å². The first-order valence-corrected chi connectivity index (χ1v) is 11.3. The highest BCUT2D eigenvalue weighted by Crippen LogP contribution is 2.27. The van der Waals surface area contributed by atoms with Gasteiger partial charge < -0.3 is 9.42 Å². The van der Waals surface area contributed by atoms with Gasteiger partial charge in [-0.05, 0) is 38.1 Å². The van der Waals surface area contributed by atoms with Crippen LogP contribution in [0.1, 0.15) is 39.0 Å². The lowest BCUT2D eigenvalue weighted by Gasteiger charge is -2.19. The van der Waals surface area contributed by atoms with Crippen LogP contribution in [0.25, 0.3) is 5.69 Å². The van der Waals surface area contributed by atoms with E-state index in [0.29, 0.717) is 29.6 Å². The van der Waals surface area contributed by atoms with Gasteiger partial charge in [0.25, 0.3) is 5.91 Å². The molecule has 0 unspecified atom stereocenters. The van der Waals surface area contributed by atoms with Crippen molar-refractivity contribution in [2.45, 2.75) is 38.0 Å². The van der Waals surface area contributed by atoms with Crippen LogP contribution in [0.3, 0.4) is 0 Å². The van der Waals surface area contributed by atoms with Crippen molar-refractivity contribution in [1.29, 1.82) is 0 Å². The molecule has 0 saturated carbocycles. The van der Waals surface area contributed by atoms with Crippen molar-refractivity contribution in [1.82, 2.24) is 24.8 Å². The lowest BCUT2D eigenvalue weighted by Crippen LogP contribution is -2.27. The lowest BCUT2D eigenvalue weighted by molar-refractivity contribution is 0.0781.